The molecule has 0 heterocycles. The Morgan fingerprint density at radius 3 is 2.35 bits per heavy atom. The Kier molecular flexibility index (Phi) is 6.18. The first-order chi connectivity index (χ1) is 11.2. The van der Waals surface area contributed by atoms with Crippen LogP contribution >= 0.6 is 0 Å². The van der Waals surface area contributed by atoms with Crippen LogP contribution in [0.2, 0.25) is 0 Å². The highest BCUT2D eigenvalue weighted by molar-refractivity contribution is 6.06. The zero-order valence-corrected chi connectivity index (χ0v) is 14.0. The molecule has 0 aliphatic rings. The van der Waals surface area contributed by atoms with Crippen molar-refractivity contribution >= 4 is 17.3 Å². The lowest BCUT2D eigenvalue weighted by molar-refractivity contribution is 0.102. The maximum atomic E-state index is 12.5. The van der Waals surface area contributed by atoms with Crippen molar-refractivity contribution in [2.24, 2.45) is 0 Å². The molecule has 1 N–H and O–H groups in total. The van der Waals surface area contributed by atoms with E-state index in [1.807, 2.05) is 55.5 Å². The van der Waals surface area contributed by atoms with Crippen molar-refractivity contribution < 1.29 is 9.53 Å². The molecule has 4 nitrogen and oxygen atoms in total. The molecule has 0 spiro atoms. The van der Waals surface area contributed by atoms with Crippen LogP contribution in [0.25, 0.3) is 0 Å². The van der Waals surface area contributed by atoms with Crippen LogP contribution in [-0.2, 0) is 0 Å². The zero-order chi connectivity index (χ0) is 16.7. The predicted octanol–water partition coefficient (Wildman–Crippen LogP) is 4.15. The van der Waals surface area contributed by atoms with E-state index in [9.17, 15) is 4.79 Å². The summed E-state index contributed by atoms with van der Waals surface area (Å²) in [6.07, 6.45) is 0. The topological polar surface area (TPSA) is 44.2 Å². The van der Waals surface area contributed by atoms with E-state index in [-0.39, 0.29) is 5.91 Å². The number of para-hydroxylation sites is 1. The molecule has 1 radical (unpaired) electrons. The Hall–Kier alpha value is -2.33. The van der Waals surface area contributed by atoms with Crippen LogP contribution in [0.15, 0.2) is 48.5 Å². The maximum absolute atomic E-state index is 12.5. The first-order valence-corrected chi connectivity index (χ1v) is 8.07. The summed E-state index contributed by atoms with van der Waals surface area (Å²) in [5.41, 5.74) is 2.38. The second kappa shape index (κ2) is 8.34. The number of carbonyl (C=O) groups is 1. The van der Waals surface area contributed by atoms with E-state index in [4.69, 9.17) is 4.74 Å². The predicted molar refractivity (Wildman–Crippen MR) is 94.9 cm³/mol. The van der Waals surface area contributed by atoms with Crippen molar-refractivity contribution in [2.45, 2.75) is 20.8 Å². The van der Waals surface area contributed by atoms with E-state index in [0.29, 0.717) is 17.9 Å². The van der Waals surface area contributed by atoms with E-state index < -0.39 is 0 Å². The third-order valence-corrected chi connectivity index (χ3v) is 3.67. The first-order valence-electron chi connectivity index (χ1n) is 8.07. The van der Waals surface area contributed by atoms with Gasteiger partial charge in [-0.2, -0.15) is 0 Å². The Bertz CT molecular complexity index is 637. The minimum Gasteiger partial charge on any atom is -0.493 e. The van der Waals surface area contributed by atoms with Gasteiger partial charge < -0.3 is 10.1 Å². The zero-order valence-electron chi connectivity index (χ0n) is 14.0. The minimum atomic E-state index is -0.161. The van der Waals surface area contributed by atoms with Crippen LogP contribution in [0.1, 0.15) is 31.1 Å². The van der Waals surface area contributed by atoms with Crippen LogP contribution in [0.5, 0.6) is 5.75 Å². The van der Waals surface area contributed by atoms with Crippen molar-refractivity contribution in [1.29, 1.82) is 0 Å². The molecule has 2 aromatic carbocycles. The monoisotopic (exact) mass is 312 g/mol. The molecule has 0 bridgehead atoms. The average Bonchev–Trinajstić information content (AvgIpc) is 2.57. The molecule has 2 aromatic rings. The van der Waals surface area contributed by atoms with E-state index in [2.05, 4.69) is 24.1 Å². The quantitative estimate of drug-likeness (QED) is 0.781. The smallest absolute Gasteiger partial charge is 0.259 e. The Labute approximate surface area is 138 Å². The number of hydrogen-bond acceptors (Lipinski definition) is 3. The molecule has 0 atom stereocenters. The molecule has 0 aromatic heterocycles. The van der Waals surface area contributed by atoms with Gasteiger partial charge in [-0.1, -0.05) is 18.2 Å². The molecule has 1 amide bonds. The SMILES string of the molecule is CCOc1cc([N+](CC)CC)ccc1C(=O)Nc1ccccc1. The Morgan fingerprint density at radius 2 is 1.74 bits per heavy atom. The molecular weight excluding hydrogens is 288 g/mol. The van der Waals surface area contributed by atoms with Gasteiger partial charge in [-0.05, 0) is 39.0 Å². The Morgan fingerprint density at radius 1 is 1.04 bits per heavy atom. The van der Waals surface area contributed by atoms with Gasteiger partial charge in [0.25, 0.3) is 5.91 Å². The standard InChI is InChI=1S/C19H24N2O2/c1-4-21(5-2)16-12-13-17(18(14-16)23-6-3)19(22)20-15-10-8-7-9-11-15/h7-14H,4-6H2,1-3H3,(H,20,22)/q+1. The highest BCUT2D eigenvalue weighted by atomic mass is 16.5. The summed E-state index contributed by atoms with van der Waals surface area (Å²) in [7, 11) is 0. The molecule has 121 valence electrons. The van der Waals surface area contributed by atoms with E-state index in [1.165, 1.54) is 0 Å². The molecule has 0 saturated carbocycles. The fourth-order valence-electron chi connectivity index (χ4n) is 2.48. The number of amides is 1. The second-order valence-electron chi connectivity index (χ2n) is 5.11. The van der Waals surface area contributed by atoms with Crippen LogP contribution in [0, 0.1) is 0 Å². The number of nitrogens with one attached hydrogen (secondary N) is 1. The molecule has 0 saturated heterocycles. The van der Waals surface area contributed by atoms with Gasteiger partial charge in [-0.3, -0.25) is 4.79 Å². The molecule has 0 aliphatic carbocycles. The third-order valence-electron chi connectivity index (χ3n) is 3.67. The van der Waals surface area contributed by atoms with Gasteiger partial charge in [-0.15, -0.1) is 4.90 Å². The minimum absolute atomic E-state index is 0.161. The lowest BCUT2D eigenvalue weighted by Crippen LogP contribution is -2.23. The summed E-state index contributed by atoms with van der Waals surface area (Å²) >= 11 is 0. The van der Waals surface area contributed by atoms with E-state index in [1.54, 1.807) is 0 Å². The second-order valence-corrected chi connectivity index (χ2v) is 5.11. The van der Waals surface area contributed by atoms with Crippen LogP contribution in [-0.4, -0.2) is 25.6 Å². The average molecular weight is 312 g/mol. The number of nitrogens with zero attached hydrogens (tertiary/aromatic N) is 1. The van der Waals surface area contributed by atoms with E-state index in [0.717, 1.165) is 24.5 Å². The van der Waals surface area contributed by atoms with Gasteiger partial charge in [-0.25, -0.2) is 0 Å². The summed E-state index contributed by atoms with van der Waals surface area (Å²) in [4.78, 5) is 14.7. The molecule has 4 heteroatoms. The number of hydrogen-bond donors (Lipinski definition) is 1. The fourth-order valence-corrected chi connectivity index (χ4v) is 2.48. The van der Waals surface area contributed by atoms with Crippen molar-refractivity contribution in [3.8, 4) is 5.75 Å². The summed E-state index contributed by atoms with van der Waals surface area (Å²) < 4.78 is 5.69. The summed E-state index contributed by atoms with van der Waals surface area (Å²) in [6.45, 7) is 8.49. The van der Waals surface area contributed by atoms with Crippen LogP contribution in [0.4, 0.5) is 11.4 Å². The van der Waals surface area contributed by atoms with Crippen molar-refractivity contribution in [3.63, 3.8) is 0 Å². The number of ether oxygens (including phenoxy) is 1. The van der Waals surface area contributed by atoms with Gasteiger partial charge in [0.1, 0.15) is 18.8 Å². The molecule has 0 fully saturated rings. The van der Waals surface area contributed by atoms with E-state index >= 15 is 0 Å². The third kappa shape index (κ3) is 4.33. The summed E-state index contributed by atoms with van der Waals surface area (Å²) in [5.74, 6) is 0.455. The number of carbonyl (C=O) groups excluding carboxylic acids is 1. The van der Waals surface area contributed by atoms with Crippen LogP contribution < -0.4 is 15.0 Å². The summed E-state index contributed by atoms with van der Waals surface area (Å²) in [6, 6.07) is 15.2. The normalized spacial score (nSPS) is 10.6. The van der Waals surface area contributed by atoms with Gasteiger partial charge in [0, 0.05) is 17.8 Å². The van der Waals surface area contributed by atoms with Gasteiger partial charge in [0.05, 0.1) is 12.2 Å². The highest BCUT2D eigenvalue weighted by Gasteiger charge is 2.19. The lowest BCUT2D eigenvalue weighted by Gasteiger charge is -2.13. The maximum Gasteiger partial charge on any atom is 0.259 e. The molecular formula is C19H24N2O2+. The molecule has 23 heavy (non-hydrogen) atoms. The van der Waals surface area contributed by atoms with Gasteiger partial charge in [0.2, 0.25) is 0 Å². The van der Waals surface area contributed by atoms with Crippen molar-refractivity contribution in [1.82, 2.24) is 4.90 Å². The van der Waals surface area contributed by atoms with Gasteiger partial charge in [0.15, 0.2) is 5.69 Å². The largest absolute Gasteiger partial charge is 0.493 e. The number of benzene rings is 2. The number of anilines is 2. The van der Waals surface area contributed by atoms with Crippen molar-refractivity contribution in [3.05, 3.63) is 54.1 Å². The van der Waals surface area contributed by atoms with Crippen molar-refractivity contribution in [2.75, 3.05) is 25.0 Å². The fraction of sp³-hybridized carbons (Fsp3) is 0.316. The number of rotatable bonds is 7. The highest BCUT2D eigenvalue weighted by Crippen LogP contribution is 2.26. The molecule has 0 aliphatic heterocycles. The lowest BCUT2D eigenvalue weighted by atomic mass is 10.1. The summed E-state index contributed by atoms with van der Waals surface area (Å²) in [5, 5.41) is 2.90. The van der Waals surface area contributed by atoms with Gasteiger partial charge >= 0.3 is 0 Å². The first kappa shape index (κ1) is 17.0. The Balaban J connectivity index is 2.28. The van der Waals surface area contributed by atoms with Crippen LogP contribution in [0.3, 0.4) is 0 Å². The molecule has 0 unspecified atom stereocenters. The molecule has 2 rings (SSSR count).